The van der Waals surface area contributed by atoms with Gasteiger partial charge in [0.15, 0.2) is 0 Å². The van der Waals surface area contributed by atoms with Gasteiger partial charge in [0.05, 0.1) is 19.8 Å². The van der Waals surface area contributed by atoms with Crippen LogP contribution in [-0.2, 0) is 9.47 Å². The topological polar surface area (TPSA) is 44.5 Å². The van der Waals surface area contributed by atoms with Gasteiger partial charge in [-0.05, 0) is 6.42 Å². The lowest BCUT2D eigenvalue weighted by Gasteiger charge is -2.05. The summed E-state index contributed by atoms with van der Waals surface area (Å²) in [5.74, 6) is 0. The van der Waals surface area contributed by atoms with Crippen molar-refractivity contribution < 1.29 is 9.47 Å². The minimum absolute atomic E-state index is 0.596. The molecule has 0 spiro atoms. The lowest BCUT2D eigenvalue weighted by Crippen LogP contribution is -2.12. The van der Waals surface area contributed by atoms with Crippen LogP contribution in [0.1, 0.15) is 77.6 Å². The van der Waals surface area contributed by atoms with Crippen LogP contribution in [0.3, 0.4) is 0 Å². The number of rotatable bonds is 17. The number of nitrogens with two attached hydrogens (primary N) is 1. The normalized spacial score (nSPS) is 11.1. The monoisotopic (exact) mass is 287 g/mol. The molecule has 0 saturated heterocycles. The van der Waals surface area contributed by atoms with Crippen LogP contribution in [0.4, 0.5) is 0 Å². The Morgan fingerprint density at radius 2 is 1.00 bits per heavy atom. The van der Waals surface area contributed by atoms with Gasteiger partial charge < -0.3 is 15.2 Å². The first-order chi connectivity index (χ1) is 9.91. The number of ether oxygens (including phenoxy) is 2. The maximum atomic E-state index is 5.50. The molecule has 0 radical (unpaired) electrons. The SMILES string of the molecule is CCCCCCCCCCCCCOCCOCCN. The molecule has 0 aromatic heterocycles. The molecule has 3 heteroatoms. The van der Waals surface area contributed by atoms with E-state index in [0.29, 0.717) is 26.4 Å². The molecule has 0 aliphatic heterocycles. The standard InChI is InChI=1S/C17H37NO2/c1-2-3-4-5-6-7-8-9-10-11-12-14-19-16-17-20-15-13-18/h2-18H2,1H3. The van der Waals surface area contributed by atoms with E-state index in [2.05, 4.69) is 6.92 Å². The fraction of sp³-hybridized carbons (Fsp3) is 1.00. The summed E-state index contributed by atoms with van der Waals surface area (Å²) >= 11 is 0. The number of unbranched alkanes of at least 4 members (excludes halogenated alkanes) is 10. The number of hydrogen-bond acceptors (Lipinski definition) is 3. The summed E-state index contributed by atoms with van der Waals surface area (Å²) in [6.45, 7) is 5.77. The van der Waals surface area contributed by atoms with Crippen molar-refractivity contribution in [3.05, 3.63) is 0 Å². The molecule has 122 valence electrons. The van der Waals surface area contributed by atoms with Gasteiger partial charge in [-0.15, -0.1) is 0 Å². The van der Waals surface area contributed by atoms with Crippen molar-refractivity contribution in [1.29, 1.82) is 0 Å². The van der Waals surface area contributed by atoms with E-state index in [4.69, 9.17) is 15.2 Å². The molecule has 0 aliphatic carbocycles. The van der Waals surface area contributed by atoms with E-state index < -0.39 is 0 Å². The van der Waals surface area contributed by atoms with Gasteiger partial charge in [-0.3, -0.25) is 0 Å². The van der Waals surface area contributed by atoms with Crippen molar-refractivity contribution in [3.63, 3.8) is 0 Å². The first-order valence-electron chi connectivity index (χ1n) is 8.77. The molecule has 3 nitrogen and oxygen atoms in total. The molecule has 20 heavy (non-hydrogen) atoms. The van der Waals surface area contributed by atoms with Gasteiger partial charge in [0.25, 0.3) is 0 Å². The zero-order chi connectivity index (χ0) is 14.7. The predicted octanol–water partition coefficient (Wildman–Crippen LogP) is 4.29. The minimum atomic E-state index is 0.596. The maximum Gasteiger partial charge on any atom is 0.0701 e. The fourth-order valence-electron chi connectivity index (χ4n) is 2.27. The van der Waals surface area contributed by atoms with Crippen LogP contribution in [0.5, 0.6) is 0 Å². The Balaban J connectivity index is 2.89. The third kappa shape index (κ3) is 17.9. The largest absolute Gasteiger partial charge is 0.379 e. The molecule has 0 amide bonds. The quantitative estimate of drug-likeness (QED) is 0.406. The second kappa shape index (κ2) is 18.9. The first-order valence-corrected chi connectivity index (χ1v) is 8.77. The second-order valence-electron chi connectivity index (χ2n) is 5.55. The molecule has 0 atom stereocenters. The Bertz CT molecular complexity index is 147. The van der Waals surface area contributed by atoms with Gasteiger partial charge in [-0.1, -0.05) is 71.1 Å². The summed E-state index contributed by atoms with van der Waals surface area (Å²) in [6.07, 6.45) is 15.2. The van der Waals surface area contributed by atoms with Crippen LogP contribution >= 0.6 is 0 Å². The van der Waals surface area contributed by atoms with Gasteiger partial charge in [-0.25, -0.2) is 0 Å². The molecular weight excluding hydrogens is 250 g/mol. The van der Waals surface area contributed by atoms with Crippen molar-refractivity contribution in [2.45, 2.75) is 77.6 Å². The lowest BCUT2D eigenvalue weighted by molar-refractivity contribution is 0.0492. The zero-order valence-corrected chi connectivity index (χ0v) is 13.7. The van der Waals surface area contributed by atoms with Crippen LogP contribution in [0.25, 0.3) is 0 Å². The predicted molar refractivity (Wildman–Crippen MR) is 87.2 cm³/mol. The van der Waals surface area contributed by atoms with E-state index >= 15 is 0 Å². The van der Waals surface area contributed by atoms with Crippen molar-refractivity contribution in [2.75, 3.05) is 33.0 Å². The average Bonchev–Trinajstić information content (AvgIpc) is 2.47. The Kier molecular flexibility index (Phi) is 18.8. The highest BCUT2D eigenvalue weighted by Crippen LogP contribution is 2.11. The highest BCUT2D eigenvalue weighted by atomic mass is 16.5. The number of hydrogen-bond donors (Lipinski definition) is 1. The van der Waals surface area contributed by atoms with Gasteiger partial charge in [0.1, 0.15) is 0 Å². The molecule has 0 aliphatic rings. The van der Waals surface area contributed by atoms with E-state index in [0.717, 1.165) is 6.61 Å². The Morgan fingerprint density at radius 3 is 1.50 bits per heavy atom. The van der Waals surface area contributed by atoms with E-state index in [1.165, 1.54) is 70.6 Å². The average molecular weight is 287 g/mol. The van der Waals surface area contributed by atoms with Crippen LogP contribution in [-0.4, -0.2) is 33.0 Å². The van der Waals surface area contributed by atoms with Crippen LogP contribution in [0, 0.1) is 0 Å². The van der Waals surface area contributed by atoms with E-state index in [-0.39, 0.29) is 0 Å². The first kappa shape index (κ1) is 19.9. The van der Waals surface area contributed by atoms with Crippen LogP contribution < -0.4 is 5.73 Å². The van der Waals surface area contributed by atoms with Crippen LogP contribution in [0.2, 0.25) is 0 Å². The summed E-state index contributed by atoms with van der Waals surface area (Å²) in [5, 5.41) is 0. The second-order valence-corrected chi connectivity index (χ2v) is 5.55. The van der Waals surface area contributed by atoms with Crippen molar-refractivity contribution in [3.8, 4) is 0 Å². The Hall–Kier alpha value is -0.120. The molecule has 0 saturated carbocycles. The van der Waals surface area contributed by atoms with Gasteiger partial charge in [0, 0.05) is 13.2 Å². The van der Waals surface area contributed by atoms with Gasteiger partial charge in [0.2, 0.25) is 0 Å². The van der Waals surface area contributed by atoms with E-state index in [9.17, 15) is 0 Å². The minimum Gasteiger partial charge on any atom is -0.379 e. The smallest absolute Gasteiger partial charge is 0.0701 e. The fourth-order valence-corrected chi connectivity index (χ4v) is 2.27. The van der Waals surface area contributed by atoms with E-state index in [1.54, 1.807) is 0 Å². The molecular formula is C17H37NO2. The third-order valence-corrected chi connectivity index (χ3v) is 3.53. The Labute approximate surface area is 126 Å². The third-order valence-electron chi connectivity index (χ3n) is 3.53. The summed E-state index contributed by atoms with van der Waals surface area (Å²) in [4.78, 5) is 0. The van der Waals surface area contributed by atoms with Crippen molar-refractivity contribution in [2.24, 2.45) is 5.73 Å². The van der Waals surface area contributed by atoms with Gasteiger partial charge in [-0.2, -0.15) is 0 Å². The summed E-state index contributed by atoms with van der Waals surface area (Å²) in [5.41, 5.74) is 5.32. The molecule has 0 unspecified atom stereocenters. The summed E-state index contributed by atoms with van der Waals surface area (Å²) in [6, 6.07) is 0. The van der Waals surface area contributed by atoms with Gasteiger partial charge >= 0.3 is 0 Å². The molecule has 0 aromatic rings. The molecule has 0 bridgehead atoms. The Morgan fingerprint density at radius 1 is 0.550 bits per heavy atom. The highest BCUT2D eigenvalue weighted by molar-refractivity contribution is 4.48. The molecule has 0 heterocycles. The molecule has 0 rings (SSSR count). The van der Waals surface area contributed by atoms with Crippen molar-refractivity contribution in [1.82, 2.24) is 0 Å². The van der Waals surface area contributed by atoms with E-state index in [1.807, 2.05) is 0 Å². The molecule has 2 N–H and O–H groups in total. The summed E-state index contributed by atoms with van der Waals surface area (Å²) in [7, 11) is 0. The lowest BCUT2D eigenvalue weighted by atomic mass is 10.1. The summed E-state index contributed by atoms with van der Waals surface area (Å²) < 4.78 is 10.7. The zero-order valence-electron chi connectivity index (χ0n) is 13.7. The molecule has 0 aromatic carbocycles. The molecule has 0 fully saturated rings. The highest BCUT2D eigenvalue weighted by Gasteiger charge is 1.94. The maximum absolute atomic E-state index is 5.50. The van der Waals surface area contributed by atoms with Crippen LogP contribution in [0.15, 0.2) is 0 Å². The van der Waals surface area contributed by atoms with Crippen molar-refractivity contribution >= 4 is 0 Å².